The molecule has 3 N–H and O–H groups in total. The lowest BCUT2D eigenvalue weighted by molar-refractivity contribution is -0.0653. The highest BCUT2D eigenvalue weighted by atomic mass is 35.5. The Morgan fingerprint density at radius 3 is 1.86 bits per heavy atom. The van der Waals surface area contributed by atoms with E-state index in [1.54, 1.807) is 12.0 Å². The van der Waals surface area contributed by atoms with Gasteiger partial charge < -0.3 is 6.15 Å². The summed E-state index contributed by atoms with van der Waals surface area (Å²) in [5.41, 5.74) is 3.62. The van der Waals surface area contributed by atoms with Crippen molar-refractivity contribution in [1.82, 2.24) is 6.15 Å². The molecule has 0 unspecified atom stereocenters. The molecule has 1 aromatic rings. The molecule has 22 heavy (non-hydrogen) atoms. The van der Waals surface area contributed by atoms with E-state index in [4.69, 9.17) is 0 Å². The van der Waals surface area contributed by atoms with E-state index >= 15 is 0 Å². The van der Waals surface area contributed by atoms with Gasteiger partial charge in [0.15, 0.2) is 0 Å². The number of rotatable bonds is 3. The van der Waals surface area contributed by atoms with Gasteiger partial charge in [-0.25, -0.2) is 0 Å². The Kier molecular flexibility index (Phi) is 5.29. The largest absolute Gasteiger partial charge is 0.344 e. The minimum Gasteiger partial charge on any atom is -0.344 e. The second-order valence-electron chi connectivity index (χ2n) is 7.96. The van der Waals surface area contributed by atoms with Crippen LogP contribution in [0.3, 0.4) is 0 Å². The third-order valence-corrected chi connectivity index (χ3v) is 6.85. The summed E-state index contributed by atoms with van der Waals surface area (Å²) in [6, 6.07) is 9.62. The maximum atomic E-state index is 2.47. The molecule has 0 aliphatic heterocycles. The standard InChI is InChI=1S/C20H28.ClH.H3N/c1-3-8-20(17-6-4-14(2)5-7-17)18-10-15-9-16(12-18)13-19(20)11-15;;/h4-7,15-16,18-19H,3,8-13H2,1-2H3;1H;1H3. The van der Waals surface area contributed by atoms with E-state index in [1.807, 2.05) is 0 Å². The van der Waals surface area contributed by atoms with Gasteiger partial charge in [0.2, 0.25) is 0 Å². The van der Waals surface area contributed by atoms with Crippen molar-refractivity contribution in [3.05, 3.63) is 35.4 Å². The van der Waals surface area contributed by atoms with Gasteiger partial charge >= 0.3 is 0 Å². The lowest BCUT2D eigenvalue weighted by Crippen LogP contribution is -2.55. The van der Waals surface area contributed by atoms with Gasteiger partial charge in [-0.1, -0.05) is 43.2 Å². The van der Waals surface area contributed by atoms with Gasteiger partial charge in [0.1, 0.15) is 0 Å². The van der Waals surface area contributed by atoms with Crippen LogP contribution < -0.4 is 6.15 Å². The summed E-state index contributed by atoms with van der Waals surface area (Å²) < 4.78 is 0. The van der Waals surface area contributed by atoms with E-state index in [1.165, 1.54) is 44.1 Å². The first-order chi connectivity index (χ1) is 9.72. The molecule has 0 spiro atoms. The van der Waals surface area contributed by atoms with Gasteiger partial charge in [0.25, 0.3) is 0 Å². The Morgan fingerprint density at radius 2 is 1.41 bits per heavy atom. The van der Waals surface area contributed by atoms with Gasteiger partial charge in [-0.05, 0) is 74.7 Å². The number of hydrogen-bond acceptors (Lipinski definition) is 1. The maximum Gasteiger partial charge on any atom is 0.000976 e. The van der Waals surface area contributed by atoms with E-state index in [9.17, 15) is 0 Å². The molecule has 0 saturated heterocycles. The van der Waals surface area contributed by atoms with Crippen molar-refractivity contribution in [1.29, 1.82) is 0 Å². The molecule has 4 fully saturated rings. The predicted molar refractivity (Wildman–Crippen MR) is 97.1 cm³/mol. The van der Waals surface area contributed by atoms with Crippen LogP contribution in [-0.4, -0.2) is 0 Å². The summed E-state index contributed by atoms with van der Waals surface area (Å²) >= 11 is 0. The monoisotopic (exact) mass is 321 g/mol. The molecule has 4 aliphatic rings. The molecule has 124 valence electrons. The fourth-order valence-electron chi connectivity index (χ4n) is 6.33. The average molecular weight is 322 g/mol. The Labute approximate surface area is 142 Å². The van der Waals surface area contributed by atoms with Crippen LogP contribution in [0.25, 0.3) is 0 Å². The topological polar surface area (TPSA) is 35.0 Å². The summed E-state index contributed by atoms with van der Waals surface area (Å²) in [6.45, 7) is 4.61. The molecule has 4 aliphatic carbocycles. The number of aryl methyl sites for hydroxylation is 1. The average Bonchev–Trinajstić information content (AvgIpc) is 2.43. The lowest BCUT2D eigenvalue weighted by atomic mass is 9.43. The third-order valence-electron chi connectivity index (χ3n) is 6.85. The van der Waals surface area contributed by atoms with E-state index in [0.29, 0.717) is 5.41 Å². The van der Waals surface area contributed by atoms with Crippen LogP contribution in [0, 0.1) is 30.6 Å². The summed E-state index contributed by atoms with van der Waals surface area (Å²) in [5, 5.41) is 0. The fourth-order valence-corrected chi connectivity index (χ4v) is 6.33. The second-order valence-corrected chi connectivity index (χ2v) is 7.96. The van der Waals surface area contributed by atoms with E-state index < -0.39 is 0 Å². The zero-order valence-corrected chi connectivity index (χ0v) is 15.0. The van der Waals surface area contributed by atoms with Crippen LogP contribution in [0.4, 0.5) is 0 Å². The lowest BCUT2D eigenvalue weighted by Gasteiger charge is -2.62. The van der Waals surface area contributed by atoms with Gasteiger partial charge in [-0.3, -0.25) is 0 Å². The molecule has 0 amide bonds. The van der Waals surface area contributed by atoms with E-state index in [-0.39, 0.29) is 18.6 Å². The quantitative estimate of drug-likeness (QED) is 0.720. The molecule has 0 heterocycles. The first-order valence-electron chi connectivity index (χ1n) is 8.79. The summed E-state index contributed by atoms with van der Waals surface area (Å²) in [4.78, 5) is 0. The van der Waals surface area contributed by atoms with Gasteiger partial charge in [-0.15, -0.1) is 12.4 Å². The van der Waals surface area contributed by atoms with Crippen LogP contribution >= 0.6 is 12.4 Å². The first-order valence-corrected chi connectivity index (χ1v) is 8.79. The van der Waals surface area contributed by atoms with E-state index in [0.717, 1.165) is 23.7 Å². The third kappa shape index (κ3) is 2.51. The van der Waals surface area contributed by atoms with Crippen LogP contribution in [0.5, 0.6) is 0 Å². The van der Waals surface area contributed by atoms with Crippen molar-refractivity contribution in [2.45, 2.75) is 64.2 Å². The maximum absolute atomic E-state index is 2.47. The first kappa shape index (κ1) is 17.8. The highest BCUT2D eigenvalue weighted by Gasteiger charge is 2.56. The van der Waals surface area contributed by atoms with Crippen molar-refractivity contribution >= 4 is 12.4 Å². The Morgan fingerprint density at radius 1 is 0.909 bits per heavy atom. The molecule has 2 heteroatoms. The van der Waals surface area contributed by atoms with Gasteiger partial charge in [0, 0.05) is 5.41 Å². The summed E-state index contributed by atoms with van der Waals surface area (Å²) in [7, 11) is 0. The van der Waals surface area contributed by atoms with Crippen LogP contribution in [-0.2, 0) is 5.41 Å². The van der Waals surface area contributed by atoms with Gasteiger partial charge in [0.05, 0.1) is 0 Å². The molecule has 4 saturated carbocycles. The summed E-state index contributed by atoms with van der Waals surface area (Å²) in [6.07, 6.45) is 10.4. The van der Waals surface area contributed by atoms with Crippen LogP contribution in [0.2, 0.25) is 0 Å². The Balaban J connectivity index is 0.000000882. The molecular formula is C20H32ClN. The number of benzene rings is 1. The molecule has 5 rings (SSSR count). The van der Waals surface area contributed by atoms with Crippen LogP contribution in [0.1, 0.15) is 63.0 Å². The molecule has 0 aromatic heterocycles. The van der Waals surface area contributed by atoms with Crippen molar-refractivity contribution in [3.63, 3.8) is 0 Å². The second kappa shape index (κ2) is 6.53. The molecule has 0 radical (unpaired) electrons. The molecule has 1 nitrogen and oxygen atoms in total. The minimum absolute atomic E-state index is 0. The highest BCUT2D eigenvalue weighted by molar-refractivity contribution is 5.85. The van der Waals surface area contributed by atoms with Crippen molar-refractivity contribution in [2.75, 3.05) is 0 Å². The normalized spacial score (nSPS) is 38.3. The molecule has 1 aromatic carbocycles. The zero-order chi connectivity index (χ0) is 13.7. The number of hydrogen-bond donors (Lipinski definition) is 1. The van der Waals surface area contributed by atoms with Gasteiger partial charge in [-0.2, -0.15) is 0 Å². The Hall–Kier alpha value is -0.530. The summed E-state index contributed by atoms with van der Waals surface area (Å²) in [5.74, 6) is 4.13. The SMILES string of the molecule is CCCC1(c2ccc(C)cc2)C2CC3CC(C2)CC1C3.Cl.N. The Bertz CT molecular complexity index is 465. The van der Waals surface area contributed by atoms with Crippen molar-refractivity contribution in [2.24, 2.45) is 23.7 Å². The van der Waals surface area contributed by atoms with Crippen LogP contribution in [0.15, 0.2) is 24.3 Å². The molecular weight excluding hydrogens is 290 g/mol. The fraction of sp³-hybridized carbons (Fsp3) is 0.700. The smallest absolute Gasteiger partial charge is 0.000976 e. The number of halogens is 1. The van der Waals surface area contributed by atoms with Crippen molar-refractivity contribution < 1.29 is 0 Å². The highest BCUT2D eigenvalue weighted by Crippen LogP contribution is 2.64. The minimum atomic E-state index is 0. The van der Waals surface area contributed by atoms with Crippen molar-refractivity contribution in [3.8, 4) is 0 Å². The molecule has 4 bridgehead atoms. The zero-order valence-electron chi connectivity index (χ0n) is 14.2. The molecule has 0 atom stereocenters. The van der Waals surface area contributed by atoms with E-state index in [2.05, 4.69) is 38.1 Å². The predicted octanol–water partition coefficient (Wildman–Crippen LogP) is 6.07.